The standard InChI is InChI=1S/C22H26ClN3O6S/c1-15-12-18(23)9-8-17(15)13-20(22(27)32-3)24-10-11-25(16(2)14-24)33(30,31)21-7-5-4-6-19(21)26(28)29/h4-9,12,16,20H,10-11,13-14H2,1-3H3/t16-,20-/m0/s1. The molecule has 178 valence electrons. The number of sulfonamides is 1. The SMILES string of the molecule is COC(=O)[C@H](Cc1ccc(Cl)cc1C)N1CCN(S(=O)(=O)c2ccccc2[N+](=O)[O-])[C@@H](C)C1. The number of halogens is 1. The molecule has 0 saturated carbocycles. The van der Waals surface area contributed by atoms with Gasteiger partial charge in [0, 0.05) is 36.8 Å². The first kappa shape index (κ1) is 25.1. The van der Waals surface area contributed by atoms with Crippen LogP contribution < -0.4 is 0 Å². The summed E-state index contributed by atoms with van der Waals surface area (Å²) in [5.41, 5.74) is 1.43. The van der Waals surface area contributed by atoms with E-state index in [0.717, 1.165) is 11.1 Å². The van der Waals surface area contributed by atoms with E-state index in [1.807, 2.05) is 24.0 Å². The molecule has 1 aliphatic rings. The molecule has 1 heterocycles. The largest absolute Gasteiger partial charge is 0.468 e. The van der Waals surface area contributed by atoms with Crippen molar-refractivity contribution in [1.29, 1.82) is 0 Å². The molecule has 33 heavy (non-hydrogen) atoms. The number of piperazine rings is 1. The van der Waals surface area contributed by atoms with Crippen LogP contribution in [0.3, 0.4) is 0 Å². The molecule has 1 fully saturated rings. The van der Waals surface area contributed by atoms with E-state index in [4.69, 9.17) is 16.3 Å². The highest BCUT2D eigenvalue weighted by molar-refractivity contribution is 7.89. The number of carbonyl (C=O) groups is 1. The Morgan fingerprint density at radius 2 is 1.97 bits per heavy atom. The van der Waals surface area contributed by atoms with Gasteiger partial charge < -0.3 is 4.74 Å². The van der Waals surface area contributed by atoms with E-state index in [-0.39, 0.29) is 24.5 Å². The number of carbonyl (C=O) groups excluding carboxylic acids is 1. The first-order valence-electron chi connectivity index (χ1n) is 10.4. The van der Waals surface area contributed by atoms with Gasteiger partial charge in [-0.3, -0.25) is 19.8 Å². The lowest BCUT2D eigenvalue weighted by Gasteiger charge is -2.41. The second-order valence-electron chi connectivity index (χ2n) is 8.00. The molecular formula is C22H26ClN3O6S. The minimum Gasteiger partial charge on any atom is -0.468 e. The molecule has 0 spiro atoms. The number of nitro benzene ring substituents is 1. The van der Waals surface area contributed by atoms with Gasteiger partial charge in [0.1, 0.15) is 6.04 Å². The number of rotatable bonds is 7. The zero-order valence-corrected chi connectivity index (χ0v) is 20.2. The Morgan fingerprint density at radius 1 is 1.27 bits per heavy atom. The molecule has 3 rings (SSSR count). The van der Waals surface area contributed by atoms with Crippen LogP contribution in [0.4, 0.5) is 5.69 Å². The lowest BCUT2D eigenvalue weighted by molar-refractivity contribution is -0.387. The van der Waals surface area contributed by atoms with Crippen LogP contribution in [0.1, 0.15) is 18.1 Å². The summed E-state index contributed by atoms with van der Waals surface area (Å²) in [7, 11) is -2.78. The van der Waals surface area contributed by atoms with Gasteiger partial charge in [0.2, 0.25) is 10.0 Å². The smallest absolute Gasteiger partial charge is 0.323 e. The van der Waals surface area contributed by atoms with Gasteiger partial charge in [0.05, 0.1) is 12.0 Å². The normalized spacial score (nSPS) is 18.6. The van der Waals surface area contributed by atoms with Crippen molar-refractivity contribution >= 4 is 33.3 Å². The fourth-order valence-electron chi connectivity index (χ4n) is 4.16. The van der Waals surface area contributed by atoms with Crippen molar-refractivity contribution in [2.24, 2.45) is 0 Å². The van der Waals surface area contributed by atoms with Crippen molar-refractivity contribution in [3.8, 4) is 0 Å². The lowest BCUT2D eigenvalue weighted by atomic mass is 9.99. The molecule has 0 N–H and O–H groups in total. The molecule has 0 aromatic heterocycles. The number of nitrogens with zero attached hydrogens (tertiary/aromatic N) is 3. The summed E-state index contributed by atoms with van der Waals surface area (Å²) in [5.74, 6) is -0.411. The average molecular weight is 496 g/mol. The molecule has 9 nitrogen and oxygen atoms in total. The molecule has 0 amide bonds. The minimum atomic E-state index is -4.10. The Bertz CT molecular complexity index is 1160. The van der Waals surface area contributed by atoms with Gasteiger partial charge in [-0.2, -0.15) is 4.31 Å². The van der Waals surface area contributed by atoms with E-state index in [2.05, 4.69) is 0 Å². The van der Waals surface area contributed by atoms with Crippen LogP contribution in [-0.4, -0.2) is 67.3 Å². The Labute approximate surface area is 198 Å². The zero-order chi connectivity index (χ0) is 24.3. The number of para-hydroxylation sites is 1. The number of methoxy groups -OCH3 is 1. The van der Waals surface area contributed by atoms with E-state index >= 15 is 0 Å². The molecule has 11 heteroatoms. The molecule has 2 aromatic rings. The van der Waals surface area contributed by atoms with Gasteiger partial charge in [-0.15, -0.1) is 0 Å². The van der Waals surface area contributed by atoms with E-state index in [1.165, 1.54) is 35.7 Å². The van der Waals surface area contributed by atoms with E-state index in [9.17, 15) is 23.3 Å². The van der Waals surface area contributed by atoms with Crippen molar-refractivity contribution in [1.82, 2.24) is 9.21 Å². The number of hydrogen-bond donors (Lipinski definition) is 0. The van der Waals surface area contributed by atoms with Crippen LogP contribution in [0.25, 0.3) is 0 Å². The van der Waals surface area contributed by atoms with Crippen LogP contribution in [0.5, 0.6) is 0 Å². The summed E-state index contributed by atoms with van der Waals surface area (Å²) in [6.45, 7) is 4.27. The maximum Gasteiger partial charge on any atom is 0.323 e. The molecule has 0 unspecified atom stereocenters. The number of esters is 1. The van der Waals surface area contributed by atoms with Crippen LogP contribution in [0.15, 0.2) is 47.4 Å². The third-order valence-corrected chi connectivity index (χ3v) is 8.17. The molecule has 1 aliphatic heterocycles. The highest BCUT2D eigenvalue weighted by Gasteiger charge is 2.40. The van der Waals surface area contributed by atoms with Gasteiger partial charge in [-0.1, -0.05) is 29.8 Å². The monoisotopic (exact) mass is 495 g/mol. The third-order valence-electron chi connectivity index (χ3n) is 5.88. The number of aryl methyl sites for hydroxylation is 1. The summed E-state index contributed by atoms with van der Waals surface area (Å²) in [5, 5.41) is 12.0. The minimum absolute atomic E-state index is 0.0860. The molecule has 2 aromatic carbocycles. The fraction of sp³-hybridized carbons (Fsp3) is 0.409. The predicted molar refractivity (Wildman–Crippen MR) is 124 cm³/mol. The van der Waals surface area contributed by atoms with Crippen molar-refractivity contribution in [2.45, 2.75) is 37.2 Å². The topological polar surface area (TPSA) is 110 Å². The van der Waals surface area contributed by atoms with Crippen molar-refractivity contribution < 1.29 is 22.9 Å². The number of hydrogen-bond acceptors (Lipinski definition) is 7. The van der Waals surface area contributed by atoms with E-state index < -0.39 is 38.7 Å². The summed E-state index contributed by atoms with van der Waals surface area (Å²) >= 11 is 6.04. The van der Waals surface area contributed by atoms with Crippen molar-refractivity contribution in [3.05, 3.63) is 68.7 Å². The molecule has 0 aliphatic carbocycles. The van der Waals surface area contributed by atoms with Crippen molar-refractivity contribution in [3.63, 3.8) is 0 Å². The lowest BCUT2D eigenvalue weighted by Crippen LogP contribution is -2.58. The van der Waals surface area contributed by atoms with Gasteiger partial charge in [-0.05, 0) is 49.6 Å². The average Bonchev–Trinajstić information content (AvgIpc) is 2.77. The summed E-state index contributed by atoms with van der Waals surface area (Å²) < 4.78 is 32.8. The quantitative estimate of drug-likeness (QED) is 0.330. The Hall–Kier alpha value is -2.53. The van der Waals surface area contributed by atoms with Gasteiger partial charge >= 0.3 is 5.97 Å². The van der Waals surface area contributed by atoms with Crippen LogP contribution >= 0.6 is 11.6 Å². The molecule has 2 atom stereocenters. The first-order valence-corrected chi connectivity index (χ1v) is 12.2. The summed E-state index contributed by atoms with van der Waals surface area (Å²) in [6.07, 6.45) is 0.388. The Balaban J connectivity index is 1.84. The molecule has 0 bridgehead atoms. The second-order valence-corrected chi connectivity index (χ2v) is 10.3. The third kappa shape index (κ3) is 5.35. The highest BCUT2D eigenvalue weighted by Crippen LogP contribution is 2.29. The van der Waals surface area contributed by atoms with Crippen LogP contribution in [0.2, 0.25) is 5.02 Å². The number of benzene rings is 2. The summed E-state index contributed by atoms with van der Waals surface area (Å²) in [4.78, 5) is 24.8. The molecule has 0 radical (unpaired) electrons. The van der Waals surface area contributed by atoms with E-state index in [0.29, 0.717) is 11.4 Å². The maximum atomic E-state index is 13.3. The van der Waals surface area contributed by atoms with Gasteiger partial charge in [0.15, 0.2) is 4.90 Å². The predicted octanol–water partition coefficient (Wildman–Crippen LogP) is 3.04. The van der Waals surface area contributed by atoms with Crippen LogP contribution in [0, 0.1) is 17.0 Å². The van der Waals surface area contributed by atoms with Gasteiger partial charge in [-0.25, -0.2) is 8.42 Å². The van der Waals surface area contributed by atoms with Crippen molar-refractivity contribution in [2.75, 3.05) is 26.7 Å². The van der Waals surface area contributed by atoms with E-state index in [1.54, 1.807) is 13.0 Å². The number of ether oxygens (including phenoxy) is 1. The second kappa shape index (κ2) is 10.2. The number of nitro groups is 1. The zero-order valence-electron chi connectivity index (χ0n) is 18.6. The van der Waals surface area contributed by atoms with Gasteiger partial charge in [0.25, 0.3) is 5.69 Å². The molecule has 1 saturated heterocycles. The maximum absolute atomic E-state index is 13.3. The fourth-order valence-corrected chi connectivity index (χ4v) is 6.16. The highest BCUT2D eigenvalue weighted by atomic mass is 35.5. The summed E-state index contributed by atoms with van der Waals surface area (Å²) in [6, 6.07) is 9.65. The Kier molecular flexibility index (Phi) is 7.73. The van der Waals surface area contributed by atoms with Crippen LogP contribution in [-0.2, 0) is 26.0 Å². The Morgan fingerprint density at radius 3 is 2.58 bits per heavy atom. The first-order chi connectivity index (χ1) is 15.6. The molecular weight excluding hydrogens is 470 g/mol.